The van der Waals surface area contributed by atoms with Gasteiger partial charge in [-0.05, 0) is 19.4 Å². The molecular formula is C23H32O9. The zero-order chi connectivity index (χ0) is 22.9. The number of carbonyl (C=O) groups excluding carboxylic acids is 1. The summed E-state index contributed by atoms with van der Waals surface area (Å²) >= 11 is 0. The number of carbonyl (C=O) groups is 1. The molecule has 0 bridgehead atoms. The molecule has 9 heteroatoms. The fourth-order valence-electron chi connectivity index (χ4n) is 4.51. The molecule has 0 aromatic heterocycles. The standard InChI is InChI=1S/C23H32O9/c1-13-21(30-20-11-18-22(14(2)28-20)32-23(4,25)31-18)17(29-15(3)24)10-19(27-13)26-12-16-8-6-5-7-9-16/h5-9,13-14,17-22,25H,10-12H2,1-4H3/t13-,14-,17+,18+,19-,20+,21-,22-,23?/m1/s1. The van der Waals surface area contributed by atoms with Gasteiger partial charge in [0, 0.05) is 26.7 Å². The predicted octanol–water partition coefficient (Wildman–Crippen LogP) is 2.24. The maximum atomic E-state index is 11.8. The molecule has 32 heavy (non-hydrogen) atoms. The summed E-state index contributed by atoms with van der Waals surface area (Å²) in [4.78, 5) is 11.8. The summed E-state index contributed by atoms with van der Waals surface area (Å²) in [6.45, 7) is 6.91. The monoisotopic (exact) mass is 452 g/mol. The molecule has 3 fully saturated rings. The number of hydrogen-bond donors (Lipinski definition) is 1. The van der Waals surface area contributed by atoms with Gasteiger partial charge in [-0.15, -0.1) is 0 Å². The summed E-state index contributed by atoms with van der Waals surface area (Å²) in [6.07, 6.45) is -3.07. The number of benzene rings is 1. The van der Waals surface area contributed by atoms with Crippen LogP contribution in [0.5, 0.6) is 0 Å². The molecule has 1 N–H and O–H groups in total. The summed E-state index contributed by atoms with van der Waals surface area (Å²) < 4.78 is 40.8. The zero-order valence-electron chi connectivity index (χ0n) is 18.8. The topological polar surface area (TPSA) is 102 Å². The molecule has 1 aromatic rings. The van der Waals surface area contributed by atoms with E-state index in [9.17, 15) is 9.90 Å². The summed E-state index contributed by atoms with van der Waals surface area (Å²) in [7, 11) is 0. The minimum absolute atomic E-state index is 0.337. The second kappa shape index (κ2) is 9.72. The lowest BCUT2D eigenvalue weighted by atomic mass is 10.00. The molecule has 4 rings (SSSR count). The molecule has 3 aliphatic heterocycles. The first-order valence-electron chi connectivity index (χ1n) is 11.1. The van der Waals surface area contributed by atoms with Crippen LogP contribution >= 0.6 is 0 Å². The summed E-state index contributed by atoms with van der Waals surface area (Å²) in [6, 6.07) is 9.79. The Balaban J connectivity index is 1.38. The Morgan fingerprint density at radius 2 is 1.81 bits per heavy atom. The number of rotatable bonds is 6. The van der Waals surface area contributed by atoms with E-state index in [1.165, 1.54) is 13.8 Å². The van der Waals surface area contributed by atoms with Crippen LogP contribution in [0.1, 0.15) is 46.1 Å². The first kappa shape index (κ1) is 23.6. The largest absolute Gasteiger partial charge is 0.459 e. The van der Waals surface area contributed by atoms with Crippen LogP contribution in [0.25, 0.3) is 0 Å². The van der Waals surface area contributed by atoms with Crippen molar-refractivity contribution < 1.29 is 43.1 Å². The lowest BCUT2D eigenvalue weighted by Crippen LogP contribution is -2.54. The summed E-state index contributed by atoms with van der Waals surface area (Å²) in [5, 5.41) is 10.1. The summed E-state index contributed by atoms with van der Waals surface area (Å²) in [5.74, 6) is -2.05. The Morgan fingerprint density at radius 3 is 2.53 bits per heavy atom. The van der Waals surface area contributed by atoms with E-state index in [0.29, 0.717) is 19.4 Å². The van der Waals surface area contributed by atoms with Crippen LogP contribution in [-0.2, 0) is 44.6 Å². The molecule has 1 aromatic carbocycles. The van der Waals surface area contributed by atoms with Gasteiger partial charge in [-0.2, -0.15) is 0 Å². The molecule has 0 amide bonds. The van der Waals surface area contributed by atoms with Crippen LogP contribution in [0.3, 0.4) is 0 Å². The fraction of sp³-hybridized carbons (Fsp3) is 0.696. The van der Waals surface area contributed by atoms with Crippen molar-refractivity contribution >= 4 is 5.97 Å². The van der Waals surface area contributed by atoms with E-state index >= 15 is 0 Å². The van der Waals surface area contributed by atoms with Crippen molar-refractivity contribution in [1.82, 2.24) is 0 Å². The van der Waals surface area contributed by atoms with Crippen LogP contribution in [0.4, 0.5) is 0 Å². The zero-order valence-corrected chi connectivity index (χ0v) is 18.8. The van der Waals surface area contributed by atoms with Crippen LogP contribution < -0.4 is 0 Å². The molecule has 0 radical (unpaired) electrons. The van der Waals surface area contributed by atoms with Gasteiger partial charge in [-0.3, -0.25) is 4.79 Å². The van der Waals surface area contributed by atoms with Gasteiger partial charge in [0.05, 0.1) is 24.9 Å². The minimum Gasteiger partial charge on any atom is -0.459 e. The third kappa shape index (κ3) is 5.66. The van der Waals surface area contributed by atoms with Gasteiger partial charge in [-0.25, -0.2) is 0 Å². The second-order valence-corrected chi connectivity index (χ2v) is 8.69. The highest BCUT2D eigenvalue weighted by atomic mass is 16.9. The van der Waals surface area contributed by atoms with E-state index in [-0.39, 0.29) is 18.3 Å². The van der Waals surface area contributed by atoms with E-state index in [1.54, 1.807) is 0 Å². The summed E-state index contributed by atoms with van der Waals surface area (Å²) in [5.41, 5.74) is 1.03. The van der Waals surface area contributed by atoms with E-state index in [1.807, 2.05) is 44.2 Å². The van der Waals surface area contributed by atoms with Crippen LogP contribution in [0, 0.1) is 0 Å². The van der Waals surface area contributed by atoms with Gasteiger partial charge in [0.25, 0.3) is 5.97 Å². The Hall–Kier alpha value is -1.59. The van der Waals surface area contributed by atoms with Crippen molar-refractivity contribution in [2.45, 2.75) is 102 Å². The van der Waals surface area contributed by atoms with Gasteiger partial charge in [0.15, 0.2) is 12.6 Å². The predicted molar refractivity (Wildman–Crippen MR) is 110 cm³/mol. The highest BCUT2D eigenvalue weighted by Gasteiger charge is 2.51. The maximum Gasteiger partial charge on any atom is 0.302 e. The number of aliphatic hydroxyl groups is 1. The fourth-order valence-corrected chi connectivity index (χ4v) is 4.51. The molecule has 9 atom stereocenters. The van der Waals surface area contributed by atoms with Gasteiger partial charge in [0.1, 0.15) is 18.3 Å². The molecule has 3 aliphatic rings. The molecule has 178 valence electrons. The maximum absolute atomic E-state index is 11.8. The van der Waals surface area contributed by atoms with Crippen molar-refractivity contribution in [3.63, 3.8) is 0 Å². The number of fused-ring (bicyclic) bond motifs is 1. The number of hydrogen-bond acceptors (Lipinski definition) is 9. The molecule has 1 unspecified atom stereocenters. The van der Waals surface area contributed by atoms with Crippen molar-refractivity contribution in [2.24, 2.45) is 0 Å². The third-order valence-corrected chi connectivity index (χ3v) is 5.87. The van der Waals surface area contributed by atoms with Gasteiger partial charge >= 0.3 is 5.97 Å². The number of esters is 1. The Kier molecular flexibility index (Phi) is 7.16. The van der Waals surface area contributed by atoms with Crippen LogP contribution in [-0.4, -0.2) is 66.3 Å². The Morgan fingerprint density at radius 1 is 1.09 bits per heavy atom. The quantitative estimate of drug-likeness (QED) is 0.651. The van der Waals surface area contributed by atoms with E-state index in [2.05, 4.69) is 0 Å². The van der Waals surface area contributed by atoms with Gasteiger partial charge < -0.3 is 38.3 Å². The molecule has 3 saturated heterocycles. The molecule has 0 aliphatic carbocycles. The third-order valence-electron chi connectivity index (χ3n) is 5.87. The lowest BCUT2D eigenvalue weighted by Gasteiger charge is -2.42. The van der Waals surface area contributed by atoms with Crippen molar-refractivity contribution in [1.29, 1.82) is 0 Å². The van der Waals surface area contributed by atoms with Gasteiger partial charge in [0.2, 0.25) is 0 Å². The van der Waals surface area contributed by atoms with Crippen LogP contribution in [0.2, 0.25) is 0 Å². The minimum atomic E-state index is -1.65. The normalized spacial score (nSPS) is 41.8. The van der Waals surface area contributed by atoms with Crippen molar-refractivity contribution in [3.8, 4) is 0 Å². The highest BCUT2D eigenvalue weighted by molar-refractivity contribution is 5.66. The molecule has 3 heterocycles. The molecule has 0 spiro atoms. The van der Waals surface area contributed by atoms with Crippen LogP contribution in [0.15, 0.2) is 30.3 Å². The average Bonchev–Trinajstić information content (AvgIpc) is 3.04. The first-order chi connectivity index (χ1) is 15.2. The smallest absolute Gasteiger partial charge is 0.302 e. The number of ether oxygens (including phenoxy) is 7. The van der Waals surface area contributed by atoms with E-state index in [0.717, 1.165) is 5.56 Å². The van der Waals surface area contributed by atoms with E-state index in [4.69, 9.17) is 33.2 Å². The second-order valence-electron chi connectivity index (χ2n) is 8.69. The lowest BCUT2D eigenvalue weighted by molar-refractivity contribution is -0.309. The molecule has 9 nitrogen and oxygen atoms in total. The average molecular weight is 453 g/mol. The Bertz CT molecular complexity index is 770. The van der Waals surface area contributed by atoms with Crippen molar-refractivity contribution in [3.05, 3.63) is 35.9 Å². The SMILES string of the molecule is CC(=O)O[C@H]1C[C@H](OCc2ccccc2)O[C@H](C)[C@H]1O[C@H]1C[C@@H]2OC(C)(O)O[C@@H]2[C@@H](C)O1. The van der Waals surface area contributed by atoms with Gasteiger partial charge in [-0.1, -0.05) is 30.3 Å². The van der Waals surface area contributed by atoms with Crippen molar-refractivity contribution in [2.75, 3.05) is 0 Å². The van der Waals surface area contributed by atoms with E-state index < -0.39 is 42.8 Å². The molecule has 0 saturated carbocycles. The molecular weight excluding hydrogens is 420 g/mol. The Labute approximate surface area is 187 Å². The highest BCUT2D eigenvalue weighted by Crippen LogP contribution is 2.38. The first-order valence-corrected chi connectivity index (χ1v) is 11.1.